The third kappa shape index (κ3) is 2.20. The lowest BCUT2D eigenvalue weighted by molar-refractivity contribution is 0.613. The van der Waals surface area contributed by atoms with Gasteiger partial charge >= 0.3 is 0 Å². The minimum Gasteiger partial charge on any atom is -0.207 e. The molecule has 0 amide bonds. The highest BCUT2D eigenvalue weighted by Crippen LogP contribution is 2.37. The first kappa shape index (κ1) is 11.8. The molecule has 0 aliphatic carbocycles. The number of thiophene rings is 1. The molecule has 0 saturated heterocycles. The van der Waals surface area contributed by atoms with E-state index in [2.05, 4.69) is 35.8 Å². The number of hydrogen-bond acceptors (Lipinski definition) is 1. The maximum Gasteiger partial charge on any atom is 0.127 e. The van der Waals surface area contributed by atoms with Crippen molar-refractivity contribution in [1.82, 2.24) is 0 Å². The van der Waals surface area contributed by atoms with Crippen LogP contribution in [-0.2, 0) is 0 Å². The van der Waals surface area contributed by atoms with Crippen LogP contribution in [0.2, 0.25) is 0 Å². The Kier molecular flexibility index (Phi) is 3.45. The molecule has 0 N–H and O–H groups in total. The number of alkyl halides is 1. The Balaban J connectivity index is 2.43. The van der Waals surface area contributed by atoms with Crippen molar-refractivity contribution < 1.29 is 4.39 Å². The molecular formula is C13H12BrFS. The predicted octanol–water partition coefficient (Wildman–Crippen LogP) is 4.99. The van der Waals surface area contributed by atoms with E-state index in [9.17, 15) is 4.39 Å². The molecule has 0 aliphatic heterocycles. The smallest absolute Gasteiger partial charge is 0.127 e. The lowest BCUT2D eigenvalue weighted by Gasteiger charge is -2.10. The molecule has 84 valence electrons. The summed E-state index contributed by atoms with van der Waals surface area (Å²) in [6, 6.07) is 9.01. The van der Waals surface area contributed by atoms with Crippen molar-refractivity contribution in [2.45, 2.75) is 18.7 Å². The number of rotatable bonds is 2. The molecular weight excluding hydrogens is 287 g/mol. The van der Waals surface area contributed by atoms with Crippen LogP contribution in [0, 0.1) is 19.7 Å². The van der Waals surface area contributed by atoms with Crippen LogP contribution < -0.4 is 0 Å². The van der Waals surface area contributed by atoms with Crippen LogP contribution in [0.25, 0.3) is 0 Å². The summed E-state index contributed by atoms with van der Waals surface area (Å²) in [5.74, 6) is -0.160. The number of aryl methyl sites for hydroxylation is 2. The lowest BCUT2D eigenvalue weighted by atomic mass is 10.1. The summed E-state index contributed by atoms with van der Waals surface area (Å²) in [6.07, 6.45) is 0. The topological polar surface area (TPSA) is 0 Å². The van der Waals surface area contributed by atoms with Gasteiger partial charge in [-0.3, -0.25) is 0 Å². The van der Waals surface area contributed by atoms with E-state index < -0.39 is 0 Å². The highest BCUT2D eigenvalue weighted by Gasteiger charge is 2.17. The van der Waals surface area contributed by atoms with Crippen molar-refractivity contribution in [1.29, 1.82) is 0 Å². The molecule has 0 bridgehead atoms. The Labute approximate surface area is 107 Å². The molecule has 0 spiro atoms. The number of halogens is 2. The van der Waals surface area contributed by atoms with E-state index in [-0.39, 0.29) is 10.6 Å². The summed E-state index contributed by atoms with van der Waals surface area (Å²) in [5, 5.41) is 0. The summed E-state index contributed by atoms with van der Waals surface area (Å²) in [7, 11) is 0. The van der Waals surface area contributed by atoms with Gasteiger partial charge in [0.05, 0.1) is 4.83 Å². The third-order valence-corrected chi connectivity index (χ3v) is 4.50. The van der Waals surface area contributed by atoms with Crippen LogP contribution >= 0.6 is 27.3 Å². The molecule has 0 nitrogen and oxygen atoms in total. The fourth-order valence-corrected chi connectivity index (χ4v) is 3.71. The maximum atomic E-state index is 13.6. The van der Waals surface area contributed by atoms with Crippen molar-refractivity contribution in [2.24, 2.45) is 0 Å². The zero-order chi connectivity index (χ0) is 11.7. The molecule has 2 aromatic rings. The minimum atomic E-state index is -0.160. The van der Waals surface area contributed by atoms with E-state index in [4.69, 9.17) is 0 Å². The van der Waals surface area contributed by atoms with E-state index in [0.29, 0.717) is 5.56 Å². The lowest BCUT2D eigenvalue weighted by Crippen LogP contribution is -1.96. The highest BCUT2D eigenvalue weighted by molar-refractivity contribution is 9.09. The standard InChI is InChI=1S/C13H12BrFS/c1-8-7-11(9(2)16-8)13(14)10-5-3-4-6-12(10)15/h3-7,13H,1-2H3. The van der Waals surface area contributed by atoms with Gasteiger partial charge in [-0.2, -0.15) is 0 Å². The summed E-state index contributed by atoms with van der Waals surface area (Å²) in [5.41, 5.74) is 1.86. The molecule has 2 rings (SSSR count). The fraction of sp³-hybridized carbons (Fsp3) is 0.231. The molecule has 3 heteroatoms. The van der Waals surface area contributed by atoms with Gasteiger partial charge in [-0.05, 0) is 31.5 Å². The molecule has 0 radical (unpaired) electrons. The molecule has 1 aromatic carbocycles. The first-order valence-corrected chi connectivity index (χ1v) is 6.78. The average molecular weight is 299 g/mol. The highest BCUT2D eigenvalue weighted by atomic mass is 79.9. The van der Waals surface area contributed by atoms with E-state index in [0.717, 1.165) is 5.56 Å². The minimum absolute atomic E-state index is 0.0568. The summed E-state index contributed by atoms with van der Waals surface area (Å²) >= 11 is 5.32. The Morgan fingerprint density at radius 3 is 2.44 bits per heavy atom. The van der Waals surface area contributed by atoms with Crippen LogP contribution in [-0.4, -0.2) is 0 Å². The molecule has 0 saturated carbocycles. The van der Waals surface area contributed by atoms with Gasteiger partial charge in [-0.1, -0.05) is 34.1 Å². The summed E-state index contributed by atoms with van der Waals surface area (Å²) < 4.78 is 13.6. The predicted molar refractivity (Wildman–Crippen MR) is 71.0 cm³/mol. The monoisotopic (exact) mass is 298 g/mol. The van der Waals surface area contributed by atoms with Crippen LogP contribution in [0.1, 0.15) is 25.7 Å². The fourth-order valence-electron chi connectivity index (χ4n) is 1.75. The Morgan fingerprint density at radius 2 is 1.88 bits per heavy atom. The van der Waals surface area contributed by atoms with Crippen LogP contribution in [0.4, 0.5) is 4.39 Å². The first-order chi connectivity index (χ1) is 7.59. The van der Waals surface area contributed by atoms with Gasteiger partial charge in [-0.25, -0.2) is 4.39 Å². The molecule has 1 aromatic heterocycles. The van der Waals surface area contributed by atoms with Gasteiger partial charge in [0.2, 0.25) is 0 Å². The van der Waals surface area contributed by atoms with Gasteiger partial charge < -0.3 is 0 Å². The van der Waals surface area contributed by atoms with Crippen molar-refractivity contribution in [3.8, 4) is 0 Å². The SMILES string of the molecule is Cc1cc(C(Br)c2ccccc2F)c(C)s1. The zero-order valence-electron chi connectivity index (χ0n) is 9.13. The van der Waals surface area contributed by atoms with Gasteiger partial charge in [0.15, 0.2) is 0 Å². The van der Waals surface area contributed by atoms with Gasteiger partial charge in [0.25, 0.3) is 0 Å². The summed E-state index contributed by atoms with van der Waals surface area (Å²) in [6.45, 7) is 4.14. The first-order valence-electron chi connectivity index (χ1n) is 5.05. The summed E-state index contributed by atoms with van der Waals surface area (Å²) in [4.78, 5) is 2.44. The normalized spacial score (nSPS) is 12.8. The number of benzene rings is 1. The van der Waals surface area contributed by atoms with E-state index >= 15 is 0 Å². The zero-order valence-corrected chi connectivity index (χ0v) is 11.5. The molecule has 0 aliphatic rings. The quantitative estimate of drug-likeness (QED) is 0.685. The molecule has 0 fully saturated rings. The van der Waals surface area contributed by atoms with Crippen LogP contribution in [0.15, 0.2) is 30.3 Å². The van der Waals surface area contributed by atoms with E-state index in [1.807, 2.05) is 12.1 Å². The van der Waals surface area contributed by atoms with E-state index in [1.54, 1.807) is 17.4 Å². The Hall–Kier alpha value is -0.670. The Bertz CT molecular complexity index is 504. The largest absolute Gasteiger partial charge is 0.207 e. The molecule has 1 unspecified atom stereocenters. The van der Waals surface area contributed by atoms with Gasteiger partial charge in [0, 0.05) is 15.3 Å². The van der Waals surface area contributed by atoms with Gasteiger partial charge in [0.1, 0.15) is 5.82 Å². The second-order valence-corrected chi connectivity index (χ2v) is 6.13. The second-order valence-electron chi connectivity index (χ2n) is 3.75. The third-order valence-electron chi connectivity index (χ3n) is 2.53. The van der Waals surface area contributed by atoms with E-state index in [1.165, 1.54) is 15.8 Å². The maximum absolute atomic E-state index is 13.6. The molecule has 16 heavy (non-hydrogen) atoms. The molecule has 1 atom stereocenters. The van der Waals surface area contributed by atoms with Crippen molar-refractivity contribution >= 4 is 27.3 Å². The van der Waals surface area contributed by atoms with Crippen LogP contribution in [0.5, 0.6) is 0 Å². The van der Waals surface area contributed by atoms with Crippen LogP contribution in [0.3, 0.4) is 0 Å². The molecule has 1 heterocycles. The van der Waals surface area contributed by atoms with Crippen molar-refractivity contribution in [3.63, 3.8) is 0 Å². The van der Waals surface area contributed by atoms with Gasteiger partial charge in [-0.15, -0.1) is 11.3 Å². The number of hydrogen-bond donors (Lipinski definition) is 0. The Morgan fingerprint density at radius 1 is 1.19 bits per heavy atom. The van der Waals surface area contributed by atoms with Crippen molar-refractivity contribution in [2.75, 3.05) is 0 Å². The average Bonchev–Trinajstić information content (AvgIpc) is 2.58. The van der Waals surface area contributed by atoms with Crippen molar-refractivity contribution in [3.05, 3.63) is 57.0 Å². The second kappa shape index (κ2) is 4.68.